The van der Waals surface area contributed by atoms with Gasteiger partial charge in [-0.3, -0.25) is 9.59 Å². The van der Waals surface area contributed by atoms with E-state index in [4.69, 9.17) is 10.5 Å². The highest BCUT2D eigenvalue weighted by atomic mass is 32.2. The summed E-state index contributed by atoms with van der Waals surface area (Å²) >= 11 is 0. The van der Waals surface area contributed by atoms with Crippen LogP contribution in [-0.4, -0.2) is 56.6 Å². The predicted molar refractivity (Wildman–Crippen MR) is 93.1 cm³/mol. The van der Waals surface area contributed by atoms with Crippen LogP contribution in [0, 0.1) is 6.92 Å². The highest BCUT2D eigenvalue weighted by Crippen LogP contribution is 2.19. The number of sulfone groups is 1. The molecule has 0 aromatic heterocycles. The van der Waals surface area contributed by atoms with Gasteiger partial charge in [-0.1, -0.05) is 6.07 Å². The third kappa shape index (κ3) is 4.60. The smallest absolute Gasteiger partial charge is 0.338 e. The molecule has 8 nitrogen and oxygen atoms in total. The average Bonchev–Trinajstić information content (AvgIpc) is 2.58. The third-order valence-corrected chi connectivity index (χ3v) is 5.45. The zero-order valence-corrected chi connectivity index (χ0v) is 15.5. The van der Waals surface area contributed by atoms with Gasteiger partial charge in [0.2, 0.25) is 5.91 Å². The fourth-order valence-corrected chi connectivity index (χ4v) is 3.51. The number of likely N-dealkylation sites (tertiary alicyclic amines) is 1. The van der Waals surface area contributed by atoms with E-state index in [1.165, 1.54) is 23.1 Å². The van der Waals surface area contributed by atoms with Gasteiger partial charge < -0.3 is 15.4 Å². The minimum Gasteiger partial charge on any atom is -0.452 e. The van der Waals surface area contributed by atoms with Crippen LogP contribution in [0.5, 0.6) is 0 Å². The Morgan fingerprint density at radius 3 is 2.58 bits per heavy atom. The number of hydrogen-bond donors (Lipinski definition) is 1. The number of primary amides is 1. The summed E-state index contributed by atoms with van der Waals surface area (Å²) in [5.41, 5.74) is 5.93. The Hall–Kier alpha value is -2.42. The van der Waals surface area contributed by atoms with Crippen LogP contribution in [0.25, 0.3) is 0 Å². The van der Waals surface area contributed by atoms with Crippen LogP contribution in [0.4, 0.5) is 0 Å². The molecule has 1 fully saturated rings. The van der Waals surface area contributed by atoms with Crippen molar-refractivity contribution in [3.05, 3.63) is 29.3 Å². The van der Waals surface area contributed by atoms with Crippen LogP contribution in [-0.2, 0) is 24.2 Å². The lowest BCUT2D eigenvalue weighted by molar-refractivity contribution is -0.143. The van der Waals surface area contributed by atoms with Gasteiger partial charge in [0.15, 0.2) is 16.4 Å². The summed E-state index contributed by atoms with van der Waals surface area (Å²) in [7, 11) is -3.48. The van der Waals surface area contributed by atoms with E-state index < -0.39 is 40.3 Å². The molecule has 0 bridgehead atoms. The molecule has 1 heterocycles. The molecule has 1 aromatic carbocycles. The molecule has 1 aromatic rings. The van der Waals surface area contributed by atoms with Crippen molar-refractivity contribution in [2.45, 2.75) is 37.1 Å². The van der Waals surface area contributed by atoms with Crippen LogP contribution in [0.15, 0.2) is 23.1 Å². The number of carbonyl (C=O) groups excluding carboxylic acids is 3. The first kappa shape index (κ1) is 19.9. The van der Waals surface area contributed by atoms with Gasteiger partial charge in [-0.2, -0.15) is 0 Å². The molecule has 1 aliphatic heterocycles. The van der Waals surface area contributed by atoms with Crippen molar-refractivity contribution in [2.75, 3.05) is 19.4 Å². The van der Waals surface area contributed by atoms with Crippen LogP contribution in [0.3, 0.4) is 0 Å². The van der Waals surface area contributed by atoms with E-state index in [1.54, 1.807) is 6.92 Å². The van der Waals surface area contributed by atoms with Crippen LogP contribution in [0.1, 0.15) is 35.2 Å². The topological polar surface area (TPSA) is 124 Å². The number of piperidine rings is 1. The van der Waals surface area contributed by atoms with Gasteiger partial charge in [-0.15, -0.1) is 0 Å². The molecule has 2 N–H and O–H groups in total. The van der Waals surface area contributed by atoms with Crippen molar-refractivity contribution in [1.29, 1.82) is 0 Å². The number of hydrogen-bond acceptors (Lipinski definition) is 6. The second-order valence-corrected chi connectivity index (χ2v) is 8.34. The van der Waals surface area contributed by atoms with E-state index in [1.807, 2.05) is 0 Å². The first-order valence-electron chi connectivity index (χ1n) is 8.18. The van der Waals surface area contributed by atoms with Gasteiger partial charge in [0.05, 0.1) is 10.5 Å². The Balaban J connectivity index is 2.08. The first-order valence-corrected chi connectivity index (χ1v) is 10.1. The Labute approximate surface area is 152 Å². The normalized spacial score (nSPS) is 17.6. The second kappa shape index (κ2) is 7.86. The van der Waals surface area contributed by atoms with Crippen LogP contribution < -0.4 is 5.73 Å². The largest absolute Gasteiger partial charge is 0.452 e. The van der Waals surface area contributed by atoms with Gasteiger partial charge in [-0.05, 0) is 43.9 Å². The molecule has 0 saturated carbocycles. The maximum absolute atomic E-state index is 12.3. The summed E-state index contributed by atoms with van der Waals surface area (Å²) in [5, 5.41) is 0. The van der Waals surface area contributed by atoms with Gasteiger partial charge in [0.25, 0.3) is 5.91 Å². The lowest BCUT2D eigenvalue weighted by atomic mass is 10.0. The summed E-state index contributed by atoms with van der Waals surface area (Å²) in [4.78, 5) is 37.4. The molecule has 142 valence electrons. The van der Waals surface area contributed by atoms with Gasteiger partial charge in [0, 0.05) is 12.8 Å². The van der Waals surface area contributed by atoms with Gasteiger partial charge in [-0.25, -0.2) is 13.2 Å². The third-order valence-electron chi connectivity index (χ3n) is 4.34. The first-order chi connectivity index (χ1) is 12.1. The molecule has 0 radical (unpaired) electrons. The summed E-state index contributed by atoms with van der Waals surface area (Å²) in [6, 6.07) is 3.44. The SMILES string of the molecule is Cc1ccc(S(C)(=O)=O)cc1C(=O)OCC(=O)N1CCCC[C@H]1C(N)=O. The van der Waals surface area contributed by atoms with Crippen molar-refractivity contribution >= 4 is 27.6 Å². The number of rotatable bonds is 5. The minimum absolute atomic E-state index is 0.00815. The molecule has 1 aliphatic rings. The number of amides is 2. The van der Waals surface area contributed by atoms with Crippen molar-refractivity contribution in [1.82, 2.24) is 4.90 Å². The van der Waals surface area contributed by atoms with E-state index in [2.05, 4.69) is 0 Å². The molecular weight excluding hydrogens is 360 g/mol. The Morgan fingerprint density at radius 2 is 1.96 bits per heavy atom. The highest BCUT2D eigenvalue weighted by molar-refractivity contribution is 7.90. The number of aryl methyl sites for hydroxylation is 1. The van der Waals surface area contributed by atoms with E-state index in [9.17, 15) is 22.8 Å². The van der Waals surface area contributed by atoms with Crippen LogP contribution in [0.2, 0.25) is 0 Å². The number of nitrogens with two attached hydrogens (primary N) is 1. The Bertz CT molecular complexity index is 834. The summed E-state index contributed by atoms with van der Waals surface area (Å²) in [6.07, 6.45) is 3.08. The zero-order chi connectivity index (χ0) is 19.5. The van der Waals surface area contributed by atoms with E-state index in [0.717, 1.165) is 19.1 Å². The summed E-state index contributed by atoms with van der Waals surface area (Å²) in [6.45, 7) is 1.48. The molecule has 1 atom stereocenters. The zero-order valence-electron chi connectivity index (χ0n) is 14.7. The number of benzene rings is 1. The number of carbonyl (C=O) groups is 3. The molecule has 9 heteroatoms. The maximum Gasteiger partial charge on any atom is 0.338 e. The number of ether oxygens (including phenoxy) is 1. The van der Waals surface area contributed by atoms with Crippen molar-refractivity contribution < 1.29 is 27.5 Å². The molecule has 0 spiro atoms. The standard InChI is InChI=1S/C17H22N2O6S/c1-11-6-7-12(26(2,23)24)9-13(11)17(22)25-10-15(20)19-8-4-3-5-14(19)16(18)21/h6-7,9,14H,3-5,8,10H2,1-2H3,(H2,18,21)/t14-/m0/s1. The lowest BCUT2D eigenvalue weighted by Gasteiger charge is -2.33. The molecule has 26 heavy (non-hydrogen) atoms. The minimum atomic E-state index is -3.48. The molecule has 0 unspecified atom stereocenters. The van der Waals surface area contributed by atoms with Crippen molar-refractivity contribution in [2.24, 2.45) is 5.73 Å². The fraction of sp³-hybridized carbons (Fsp3) is 0.471. The average molecular weight is 382 g/mol. The maximum atomic E-state index is 12.3. The Kier molecular flexibility index (Phi) is 6.01. The second-order valence-electron chi connectivity index (χ2n) is 6.33. The molecule has 0 aliphatic carbocycles. The molecule has 2 amide bonds. The monoisotopic (exact) mass is 382 g/mol. The quantitative estimate of drug-likeness (QED) is 0.736. The Morgan fingerprint density at radius 1 is 1.27 bits per heavy atom. The molecular formula is C17H22N2O6S. The van der Waals surface area contributed by atoms with Crippen molar-refractivity contribution in [3.8, 4) is 0 Å². The summed E-state index contributed by atoms with van der Waals surface area (Å²) < 4.78 is 28.3. The van der Waals surface area contributed by atoms with Gasteiger partial charge >= 0.3 is 5.97 Å². The highest BCUT2D eigenvalue weighted by Gasteiger charge is 2.31. The predicted octanol–water partition coefficient (Wildman–Crippen LogP) is 0.422. The van der Waals surface area contributed by atoms with Crippen LogP contribution >= 0.6 is 0 Å². The van der Waals surface area contributed by atoms with E-state index in [-0.39, 0.29) is 10.5 Å². The van der Waals surface area contributed by atoms with E-state index in [0.29, 0.717) is 18.5 Å². The molecule has 2 rings (SSSR count). The van der Waals surface area contributed by atoms with E-state index >= 15 is 0 Å². The van der Waals surface area contributed by atoms with Gasteiger partial charge in [0.1, 0.15) is 6.04 Å². The lowest BCUT2D eigenvalue weighted by Crippen LogP contribution is -2.51. The fourth-order valence-electron chi connectivity index (χ4n) is 2.87. The molecule has 1 saturated heterocycles. The van der Waals surface area contributed by atoms with Crippen molar-refractivity contribution in [3.63, 3.8) is 0 Å². The number of nitrogens with zero attached hydrogens (tertiary/aromatic N) is 1. The summed E-state index contributed by atoms with van der Waals surface area (Å²) in [5.74, 6) is -1.88. The number of esters is 1.